The number of thiophene rings is 1. The fraction of sp³-hybridized carbons (Fsp3) is 0.333. The minimum absolute atomic E-state index is 0.114. The van der Waals surface area contributed by atoms with Crippen LogP contribution < -0.4 is 10.6 Å². The molecule has 1 aliphatic carbocycles. The molecule has 0 radical (unpaired) electrons. The molecule has 2 N–H and O–H groups in total. The Morgan fingerprint density at radius 3 is 2.60 bits per heavy atom. The van der Waals surface area contributed by atoms with Gasteiger partial charge in [-0.1, -0.05) is 32.0 Å². The van der Waals surface area contributed by atoms with Crippen LogP contribution in [-0.4, -0.2) is 12.0 Å². The first-order valence-corrected chi connectivity index (χ1v) is 12.0. The molecule has 0 saturated carbocycles. The monoisotopic (exact) mass is 435 g/mol. The van der Waals surface area contributed by atoms with Crippen LogP contribution in [0.3, 0.4) is 0 Å². The Bertz CT molecular complexity index is 1120. The Morgan fingerprint density at radius 2 is 1.97 bits per heavy atom. The molecule has 0 amide bonds. The summed E-state index contributed by atoms with van der Waals surface area (Å²) in [7, 11) is 0. The van der Waals surface area contributed by atoms with Crippen molar-refractivity contribution in [1.29, 1.82) is 5.26 Å². The highest BCUT2D eigenvalue weighted by Gasteiger charge is 2.45. The predicted molar refractivity (Wildman–Crippen MR) is 124 cm³/mol. The number of hydrogen-bond donors (Lipinski definition) is 1. The number of carbonyl (C=O) groups excluding carboxylic acids is 1. The summed E-state index contributed by atoms with van der Waals surface area (Å²) < 4.78 is 1.13. The Kier molecular flexibility index (Phi) is 5.29. The molecule has 0 saturated heterocycles. The lowest BCUT2D eigenvalue weighted by molar-refractivity contribution is -0.118. The van der Waals surface area contributed by atoms with Crippen LogP contribution in [-0.2, 0) is 4.79 Å². The summed E-state index contributed by atoms with van der Waals surface area (Å²) >= 11 is 3.36. The molecule has 0 spiro atoms. The van der Waals surface area contributed by atoms with Gasteiger partial charge in [-0.15, -0.1) is 23.1 Å². The van der Waals surface area contributed by atoms with Crippen LogP contribution in [0.5, 0.6) is 0 Å². The number of allylic oxidation sites excluding steroid dienone is 3. The standard InChI is InChI=1S/C24H25N3OS2/c1-14-10-16(23(29-4)30-14)20-17(13-25)22(26)27(15-8-6-5-7-9-15)18-11-24(2,3)12-19(28)21(18)20/h5-10,20H,11-12,26H2,1-4H3/t20-/m0/s1. The lowest BCUT2D eigenvalue weighted by Gasteiger charge is -2.43. The molecule has 0 fully saturated rings. The summed E-state index contributed by atoms with van der Waals surface area (Å²) in [6.07, 6.45) is 3.24. The number of nitrogens with two attached hydrogens (primary N) is 1. The fourth-order valence-corrected chi connectivity index (χ4v) is 6.48. The van der Waals surface area contributed by atoms with Gasteiger partial charge in [0.25, 0.3) is 0 Å². The lowest BCUT2D eigenvalue weighted by atomic mass is 9.69. The van der Waals surface area contributed by atoms with Crippen molar-refractivity contribution >= 4 is 34.6 Å². The molecule has 0 bridgehead atoms. The maximum Gasteiger partial charge on any atom is 0.162 e. The second-order valence-corrected chi connectivity index (χ2v) is 11.0. The number of rotatable bonds is 3. The summed E-state index contributed by atoms with van der Waals surface area (Å²) in [5.74, 6) is 0.137. The average molecular weight is 436 g/mol. The van der Waals surface area contributed by atoms with E-state index in [4.69, 9.17) is 5.73 Å². The molecule has 4 rings (SSSR count). The molecule has 1 aromatic carbocycles. The molecule has 4 nitrogen and oxygen atoms in total. The van der Waals surface area contributed by atoms with Gasteiger partial charge in [-0.3, -0.25) is 9.69 Å². The zero-order valence-corrected chi connectivity index (χ0v) is 19.3. The number of thioether (sulfide) groups is 1. The van der Waals surface area contributed by atoms with Crippen molar-refractivity contribution in [2.45, 2.75) is 43.7 Å². The minimum atomic E-state index is -0.402. The number of carbonyl (C=O) groups is 1. The summed E-state index contributed by atoms with van der Waals surface area (Å²) in [5, 5.41) is 10.2. The topological polar surface area (TPSA) is 70.1 Å². The molecule has 1 aromatic heterocycles. The summed E-state index contributed by atoms with van der Waals surface area (Å²) in [6.45, 7) is 6.30. The van der Waals surface area contributed by atoms with E-state index in [1.807, 2.05) is 41.5 Å². The Labute approximate surface area is 186 Å². The van der Waals surface area contributed by atoms with Crippen LogP contribution >= 0.6 is 23.1 Å². The van der Waals surface area contributed by atoms with Crippen LogP contribution in [0, 0.1) is 23.7 Å². The van der Waals surface area contributed by atoms with E-state index >= 15 is 0 Å². The van der Waals surface area contributed by atoms with Gasteiger partial charge >= 0.3 is 0 Å². The van der Waals surface area contributed by atoms with E-state index in [1.165, 1.54) is 4.88 Å². The smallest absolute Gasteiger partial charge is 0.162 e. The van der Waals surface area contributed by atoms with E-state index in [1.54, 1.807) is 23.1 Å². The quantitative estimate of drug-likeness (QED) is 0.625. The molecule has 2 aliphatic rings. The Hall–Kier alpha value is -2.49. The van der Waals surface area contributed by atoms with Crippen molar-refractivity contribution < 1.29 is 4.79 Å². The van der Waals surface area contributed by atoms with Crippen LogP contribution in [0.1, 0.15) is 43.0 Å². The van der Waals surface area contributed by atoms with E-state index in [0.717, 1.165) is 33.2 Å². The first-order chi connectivity index (χ1) is 14.3. The van der Waals surface area contributed by atoms with Gasteiger partial charge in [-0.2, -0.15) is 5.26 Å². The zero-order chi connectivity index (χ0) is 21.6. The molecule has 1 aliphatic heterocycles. The normalized spacial score (nSPS) is 21.0. The molecular formula is C24H25N3OS2. The van der Waals surface area contributed by atoms with Gasteiger partial charge in [-0.25, -0.2) is 0 Å². The lowest BCUT2D eigenvalue weighted by Crippen LogP contribution is -2.42. The molecule has 30 heavy (non-hydrogen) atoms. The third-order valence-electron chi connectivity index (χ3n) is 5.74. The Balaban J connectivity index is 2.02. The summed E-state index contributed by atoms with van der Waals surface area (Å²) in [4.78, 5) is 16.6. The van der Waals surface area contributed by atoms with Crippen LogP contribution in [0.25, 0.3) is 0 Å². The maximum absolute atomic E-state index is 13.5. The zero-order valence-electron chi connectivity index (χ0n) is 17.7. The predicted octanol–water partition coefficient (Wildman–Crippen LogP) is 5.72. The first-order valence-electron chi connectivity index (χ1n) is 9.93. The number of hydrogen-bond acceptors (Lipinski definition) is 6. The largest absolute Gasteiger partial charge is 0.384 e. The van der Waals surface area contributed by atoms with E-state index in [9.17, 15) is 10.1 Å². The SMILES string of the molecule is CSc1sc(C)cc1[C@H]1C(C#N)=C(N)N(c2ccccc2)C2=C1C(=O)CC(C)(C)C2. The highest BCUT2D eigenvalue weighted by Crippen LogP contribution is 2.52. The highest BCUT2D eigenvalue weighted by atomic mass is 32.2. The molecular weight excluding hydrogens is 410 g/mol. The Morgan fingerprint density at radius 1 is 1.27 bits per heavy atom. The molecule has 6 heteroatoms. The highest BCUT2D eigenvalue weighted by molar-refractivity contribution is 8.00. The maximum atomic E-state index is 13.5. The van der Waals surface area contributed by atoms with Crippen molar-refractivity contribution in [2.24, 2.45) is 11.1 Å². The summed E-state index contributed by atoms with van der Waals surface area (Å²) in [6, 6.07) is 14.3. The van der Waals surface area contributed by atoms with Gasteiger partial charge in [-0.05, 0) is 48.8 Å². The number of ketones is 1. The number of aryl methyl sites for hydroxylation is 1. The van der Waals surface area contributed by atoms with Gasteiger partial charge in [0.2, 0.25) is 0 Å². The van der Waals surface area contributed by atoms with Crippen molar-refractivity contribution in [3.05, 3.63) is 69.5 Å². The number of nitrogens with zero attached hydrogens (tertiary/aromatic N) is 2. The van der Waals surface area contributed by atoms with Gasteiger partial charge in [0.05, 0.1) is 21.8 Å². The number of nitriles is 1. The van der Waals surface area contributed by atoms with Crippen molar-refractivity contribution in [2.75, 3.05) is 11.2 Å². The van der Waals surface area contributed by atoms with Crippen LogP contribution in [0.4, 0.5) is 5.69 Å². The fourth-order valence-electron chi connectivity index (χ4n) is 4.57. The van der Waals surface area contributed by atoms with Gasteiger partial charge < -0.3 is 5.73 Å². The van der Waals surface area contributed by atoms with Crippen LogP contribution in [0.2, 0.25) is 0 Å². The molecule has 1 atom stereocenters. The number of para-hydroxylation sites is 1. The first kappa shape index (κ1) is 20.8. The van der Waals surface area contributed by atoms with Gasteiger partial charge in [0.15, 0.2) is 5.78 Å². The van der Waals surface area contributed by atoms with Gasteiger partial charge in [0, 0.05) is 28.3 Å². The molecule has 2 heterocycles. The molecule has 154 valence electrons. The van der Waals surface area contributed by atoms with E-state index in [0.29, 0.717) is 17.8 Å². The third kappa shape index (κ3) is 3.36. The second-order valence-electron chi connectivity index (χ2n) is 8.62. The van der Waals surface area contributed by atoms with Crippen molar-refractivity contribution in [1.82, 2.24) is 0 Å². The third-order valence-corrected chi connectivity index (χ3v) is 7.96. The molecule has 0 unspecified atom stereocenters. The van der Waals surface area contributed by atoms with E-state index in [2.05, 4.69) is 32.9 Å². The number of benzene rings is 1. The van der Waals surface area contributed by atoms with Crippen molar-refractivity contribution in [3.8, 4) is 6.07 Å². The van der Waals surface area contributed by atoms with E-state index in [-0.39, 0.29) is 11.2 Å². The summed E-state index contributed by atoms with van der Waals surface area (Å²) in [5.41, 5.74) is 10.5. The van der Waals surface area contributed by atoms with Gasteiger partial charge in [0.1, 0.15) is 5.82 Å². The number of Topliss-reactive ketones (excluding diaryl/α,β-unsaturated/α-hetero) is 1. The molecule has 2 aromatic rings. The van der Waals surface area contributed by atoms with Crippen molar-refractivity contribution in [3.63, 3.8) is 0 Å². The van der Waals surface area contributed by atoms with E-state index < -0.39 is 5.92 Å². The average Bonchev–Trinajstić information content (AvgIpc) is 3.07. The number of anilines is 1. The van der Waals surface area contributed by atoms with Crippen LogP contribution in [0.15, 0.2) is 63.3 Å². The second kappa shape index (κ2) is 7.64. The minimum Gasteiger partial charge on any atom is -0.384 e.